The molecule has 0 unspecified atom stereocenters. The molecular formula is C12H12F2N2O4. The predicted molar refractivity (Wildman–Crippen MR) is 66.3 cm³/mol. The van der Waals surface area contributed by atoms with Crippen molar-refractivity contribution in [3.05, 3.63) is 34.2 Å². The van der Waals surface area contributed by atoms with Crippen molar-refractivity contribution in [2.75, 3.05) is 13.2 Å². The first-order valence-corrected chi connectivity index (χ1v) is 5.81. The van der Waals surface area contributed by atoms with Crippen LogP contribution in [0.4, 0.5) is 8.78 Å². The largest absolute Gasteiger partial charge is 0.478 e. The fraction of sp³-hybridized carbons (Fsp3) is 0.333. The van der Waals surface area contributed by atoms with Crippen molar-refractivity contribution in [2.45, 2.75) is 13.0 Å². The molecule has 0 spiro atoms. The molecule has 8 heteroatoms. The van der Waals surface area contributed by atoms with Gasteiger partial charge in [-0.1, -0.05) is 0 Å². The van der Waals surface area contributed by atoms with Crippen LogP contribution in [0.1, 0.15) is 10.4 Å². The molecular weight excluding hydrogens is 274 g/mol. The average molecular weight is 286 g/mol. The van der Waals surface area contributed by atoms with Crippen LogP contribution >= 0.6 is 0 Å². The number of carboxylic acids is 1. The molecule has 0 saturated carbocycles. The Morgan fingerprint density at radius 1 is 1.45 bits per heavy atom. The fourth-order valence-corrected chi connectivity index (χ4v) is 1.85. The van der Waals surface area contributed by atoms with Gasteiger partial charge < -0.3 is 14.8 Å². The summed E-state index contributed by atoms with van der Waals surface area (Å²) in [6.45, 7) is -0.601. The first kappa shape index (κ1) is 14.2. The van der Waals surface area contributed by atoms with Gasteiger partial charge in [-0.15, -0.1) is 0 Å². The number of fused-ring (bicyclic) bond motifs is 1. The van der Waals surface area contributed by atoms with Crippen molar-refractivity contribution >= 4 is 17.0 Å². The molecule has 0 radical (unpaired) electrons. The first-order chi connectivity index (χ1) is 9.49. The maximum atomic E-state index is 11.9. The van der Waals surface area contributed by atoms with Crippen LogP contribution in [0, 0.1) is 0 Å². The number of H-pyrrole nitrogens is 1. The highest BCUT2D eigenvalue weighted by Crippen LogP contribution is 2.13. The van der Waals surface area contributed by atoms with Crippen molar-refractivity contribution in [3.8, 4) is 0 Å². The SMILES string of the molecule is O=C(O)c1ccc2c(c1)[nH]c(=O)n2CCOCC(F)F. The molecule has 0 atom stereocenters. The van der Waals surface area contributed by atoms with Crippen LogP contribution in [0.15, 0.2) is 23.0 Å². The van der Waals surface area contributed by atoms with Crippen molar-refractivity contribution in [1.29, 1.82) is 0 Å². The van der Waals surface area contributed by atoms with Crippen LogP contribution in [-0.4, -0.2) is 40.3 Å². The number of aromatic carboxylic acids is 1. The van der Waals surface area contributed by atoms with E-state index in [1.807, 2.05) is 0 Å². The van der Waals surface area contributed by atoms with Gasteiger partial charge in [-0.3, -0.25) is 4.57 Å². The van der Waals surface area contributed by atoms with Crippen LogP contribution in [0.25, 0.3) is 11.0 Å². The Hall–Kier alpha value is -2.22. The minimum Gasteiger partial charge on any atom is -0.478 e. The zero-order chi connectivity index (χ0) is 14.7. The Morgan fingerprint density at radius 3 is 2.85 bits per heavy atom. The molecule has 108 valence electrons. The van der Waals surface area contributed by atoms with Gasteiger partial charge in [-0.25, -0.2) is 18.4 Å². The molecule has 6 nitrogen and oxygen atoms in total. The summed E-state index contributed by atoms with van der Waals surface area (Å²) in [6.07, 6.45) is -2.55. The number of imidazole rings is 1. The van der Waals surface area contributed by atoms with Crippen molar-refractivity contribution in [1.82, 2.24) is 9.55 Å². The summed E-state index contributed by atoms with van der Waals surface area (Å²) in [5, 5.41) is 8.86. The molecule has 0 amide bonds. The lowest BCUT2D eigenvalue weighted by molar-refractivity contribution is 0.0148. The number of benzene rings is 1. The number of aromatic nitrogens is 2. The lowest BCUT2D eigenvalue weighted by atomic mass is 10.2. The highest BCUT2D eigenvalue weighted by molar-refractivity contribution is 5.92. The van der Waals surface area contributed by atoms with Crippen molar-refractivity contribution in [3.63, 3.8) is 0 Å². The predicted octanol–water partition coefficient (Wildman–Crippen LogP) is 1.31. The highest BCUT2D eigenvalue weighted by atomic mass is 19.3. The molecule has 0 bridgehead atoms. The lowest BCUT2D eigenvalue weighted by Crippen LogP contribution is -2.20. The molecule has 0 fully saturated rings. The summed E-state index contributed by atoms with van der Waals surface area (Å²) in [7, 11) is 0. The normalized spacial score (nSPS) is 11.3. The Kier molecular flexibility index (Phi) is 4.14. The van der Waals surface area contributed by atoms with Gasteiger partial charge in [-0.05, 0) is 18.2 Å². The van der Waals surface area contributed by atoms with Gasteiger partial charge in [0.15, 0.2) is 0 Å². The maximum Gasteiger partial charge on any atom is 0.335 e. The molecule has 1 heterocycles. The summed E-state index contributed by atoms with van der Waals surface area (Å²) >= 11 is 0. The Bertz CT molecular complexity index is 678. The number of carboxylic acid groups (broad SMARTS) is 1. The van der Waals surface area contributed by atoms with E-state index < -0.39 is 24.7 Å². The van der Waals surface area contributed by atoms with E-state index in [4.69, 9.17) is 9.84 Å². The smallest absolute Gasteiger partial charge is 0.335 e. The van der Waals surface area contributed by atoms with Crippen LogP contribution in [0.2, 0.25) is 0 Å². The number of hydrogen-bond donors (Lipinski definition) is 2. The first-order valence-electron chi connectivity index (χ1n) is 5.81. The number of nitrogens with zero attached hydrogens (tertiary/aromatic N) is 1. The number of rotatable bonds is 6. The van der Waals surface area contributed by atoms with E-state index in [2.05, 4.69) is 4.98 Å². The van der Waals surface area contributed by atoms with Gasteiger partial charge in [0.1, 0.15) is 6.61 Å². The lowest BCUT2D eigenvalue weighted by Gasteiger charge is -2.05. The number of ether oxygens (including phenoxy) is 1. The monoisotopic (exact) mass is 286 g/mol. The summed E-state index contributed by atoms with van der Waals surface area (Å²) < 4.78 is 29.8. The van der Waals surface area contributed by atoms with Crippen molar-refractivity contribution in [2.24, 2.45) is 0 Å². The number of halogens is 2. The Labute approximate surface area is 111 Å². The van der Waals surface area contributed by atoms with E-state index in [0.29, 0.717) is 11.0 Å². The molecule has 0 aliphatic heterocycles. The second-order valence-corrected chi connectivity index (χ2v) is 4.08. The molecule has 2 aromatic rings. The summed E-state index contributed by atoms with van der Waals surface area (Å²) in [5.41, 5.74) is 0.493. The van der Waals surface area contributed by atoms with Gasteiger partial charge >= 0.3 is 11.7 Å². The van der Waals surface area contributed by atoms with E-state index in [0.717, 1.165) is 0 Å². The molecule has 20 heavy (non-hydrogen) atoms. The van der Waals surface area contributed by atoms with Crippen LogP contribution in [0.3, 0.4) is 0 Å². The summed E-state index contributed by atoms with van der Waals surface area (Å²) in [6, 6.07) is 4.20. The third kappa shape index (κ3) is 3.02. The second kappa shape index (κ2) is 5.83. The number of carbonyl (C=O) groups is 1. The molecule has 0 aliphatic carbocycles. The van der Waals surface area contributed by atoms with Gasteiger partial charge in [-0.2, -0.15) is 0 Å². The van der Waals surface area contributed by atoms with Gasteiger partial charge in [0.25, 0.3) is 6.43 Å². The van der Waals surface area contributed by atoms with Gasteiger partial charge in [0.05, 0.1) is 29.7 Å². The number of nitrogens with one attached hydrogen (secondary N) is 1. The fourth-order valence-electron chi connectivity index (χ4n) is 1.85. The van der Waals surface area contributed by atoms with Crippen LogP contribution in [0.5, 0.6) is 0 Å². The molecule has 2 N–H and O–H groups in total. The topological polar surface area (TPSA) is 84.3 Å². The van der Waals surface area contributed by atoms with E-state index in [9.17, 15) is 18.4 Å². The number of alkyl halides is 2. The quantitative estimate of drug-likeness (QED) is 0.784. The van der Waals surface area contributed by atoms with Crippen LogP contribution < -0.4 is 5.69 Å². The number of hydrogen-bond acceptors (Lipinski definition) is 3. The van der Waals surface area contributed by atoms with E-state index in [1.54, 1.807) is 0 Å². The van der Waals surface area contributed by atoms with Crippen LogP contribution in [-0.2, 0) is 11.3 Å². The maximum absolute atomic E-state index is 11.9. The Morgan fingerprint density at radius 2 is 2.20 bits per heavy atom. The molecule has 2 rings (SSSR count). The molecule has 1 aromatic carbocycles. The van der Waals surface area contributed by atoms with E-state index >= 15 is 0 Å². The average Bonchev–Trinajstić information content (AvgIpc) is 2.69. The summed E-state index contributed by atoms with van der Waals surface area (Å²) in [5.74, 6) is -1.10. The zero-order valence-electron chi connectivity index (χ0n) is 10.3. The molecule has 0 saturated heterocycles. The molecule has 1 aromatic heterocycles. The minimum absolute atomic E-state index is 0.0299. The minimum atomic E-state index is -2.55. The number of aromatic amines is 1. The highest BCUT2D eigenvalue weighted by Gasteiger charge is 2.10. The van der Waals surface area contributed by atoms with E-state index in [-0.39, 0.29) is 18.7 Å². The van der Waals surface area contributed by atoms with Gasteiger partial charge in [0, 0.05) is 0 Å². The summed E-state index contributed by atoms with van der Waals surface area (Å²) in [4.78, 5) is 25.0. The van der Waals surface area contributed by atoms with E-state index in [1.165, 1.54) is 22.8 Å². The third-order valence-corrected chi connectivity index (χ3v) is 2.72. The van der Waals surface area contributed by atoms with Gasteiger partial charge in [0.2, 0.25) is 0 Å². The second-order valence-electron chi connectivity index (χ2n) is 4.08. The molecule has 0 aliphatic rings. The zero-order valence-corrected chi connectivity index (χ0v) is 10.3. The van der Waals surface area contributed by atoms with Crippen molar-refractivity contribution < 1.29 is 23.4 Å². The Balaban J connectivity index is 2.19. The third-order valence-electron chi connectivity index (χ3n) is 2.72. The standard InChI is InChI=1S/C12H12F2N2O4/c13-10(14)6-20-4-3-16-9-2-1-7(11(17)18)5-8(9)15-12(16)19/h1-2,5,10H,3-4,6H2,(H,15,19)(H,17,18).